The van der Waals surface area contributed by atoms with Gasteiger partial charge in [0, 0.05) is 10.5 Å². The standard InChI is InChI=1S/C16H25BrN2/c1-4-8-19-9-7-13(11-18-3)16(19)14-6-5-12(2)10-15(14)17/h5-6,10,13,16,18H,4,7-9,11H2,1-3H3. The maximum absolute atomic E-state index is 3.77. The van der Waals surface area contributed by atoms with Crippen LogP contribution in [0.2, 0.25) is 0 Å². The highest BCUT2D eigenvalue weighted by molar-refractivity contribution is 9.10. The summed E-state index contributed by atoms with van der Waals surface area (Å²) < 4.78 is 1.27. The highest BCUT2D eigenvalue weighted by Crippen LogP contribution is 2.40. The number of benzene rings is 1. The number of nitrogens with zero attached hydrogens (tertiary/aromatic N) is 1. The van der Waals surface area contributed by atoms with E-state index >= 15 is 0 Å². The van der Waals surface area contributed by atoms with E-state index in [0.29, 0.717) is 6.04 Å². The smallest absolute Gasteiger partial charge is 0.0400 e. The lowest BCUT2D eigenvalue weighted by atomic mass is 9.93. The molecule has 0 radical (unpaired) electrons. The van der Waals surface area contributed by atoms with Crippen molar-refractivity contribution in [2.45, 2.75) is 32.7 Å². The summed E-state index contributed by atoms with van der Waals surface area (Å²) in [4.78, 5) is 2.65. The summed E-state index contributed by atoms with van der Waals surface area (Å²) in [5.74, 6) is 0.718. The SMILES string of the molecule is CCCN1CCC(CNC)C1c1ccc(C)cc1Br. The van der Waals surface area contributed by atoms with Gasteiger partial charge in [-0.3, -0.25) is 4.90 Å². The van der Waals surface area contributed by atoms with Crippen LogP contribution in [0.25, 0.3) is 0 Å². The quantitative estimate of drug-likeness (QED) is 0.887. The zero-order chi connectivity index (χ0) is 13.8. The Morgan fingerprint density at radius 1 is 1.42 bits per heavy atom. The van der Waals surface area contributed by atoms with Crippen LogP contribution in [-0.4, -0.2) is 31.6 Å². The molecule has 2 unspecified atom stereocenters. The minimum Gasteiger partial charge on any atom is -0.319 e. The number of rotatable bonds is 5. The Morgan fingerprint density at radius 3 is 2.84 bits per heavy atom. The maximum atomic E-state index is 3.77. The molecule has 1 N–H and O–H groups in total. The maximum Gasteiger partial charge on any atom is 0.0400 e. The molecule has 1 saturated heterocycles. The Balaban J connectivity index is 2.29. The van der Waals surface area contributed by atoms with E-state index in [2.05, 4.69) is 65.2 Å². The molecule has 2 rings (SSSR count). The summed E-state index contributed by atoms with van der Waals surface area (Å²) in [5.41, 5.74) is 2.78. The van der Waals surface area contributed by atoms with Crippen molar-refractivity contribution in [1.82, 2.24) is 10.2 Å². The second kappa shape index (κ2) is 6.87. The largest absolute Gasteiger partial charge is 0.319 e. The molecule has 2 nitrogen and oxygen atoms in total. The van der Waals surface area contributed by atoms with Gasteiger partial charge in [0.15, 0.2) is 0 Å². The van der Waals surface area contributed by atoms with Gasteiger partial charge in [-0.05, 0) is 69.6 Å². The van der Waals surface area contributed by atoms with Crippen molar-refractivity contribution in [3.05, 3.63) is 33.8 Å². The first kappa shape index (κ1) is 15.0. The number of hydrogen-bond acceptors (Lipinski definition) is 2. The molecule has 1 heterocycles. The van der Waals surface area contributed by atoms with Gasteiger partial charge in [-0.25, -0.2) is 0 Å². The Kier molecular flexibility index (Phi) is 5.43. The molecule has 1 aromatic rings. The minimum atomic E-state index is 0.558. The number of halogens is 1. The summed E-state index contributed by atoms with van der Waals surface area (Å²) in [6.45, 7) is 7.95. The zero-order valence-electron chi connectivity index (χ0n) is 12.2. The third-order valence-corrected chi connectivity index (χ3v) is 4.77. The normalized spacial score (nSPS) is 24.0. The van der Waals surface area contributed by atoms with E-state index in [0.717, 1.165) is 12.5 Å². The molecule has 0 amide bonds. The van der Waals surface area contributed by atoms with Crippen LogP contribution in [0.1, 0.15) is 36.9 Å². The first-order valence-corrected chi connectivity index (χ1v) is 8.11. The molecule has 1 aliphatic rings. The van der Waals surface area contributed by atoms with E-state index in [-0.39, 0.29) is 0 Å². The monoisotopic (exact) mass is 324 g/mol. The second-order valence-electron chi connectivity index (χ2n) is 5.61. The van der Waals surface area contributed by atoms with Gasteiger partial charge in [0.05, 0.1) is 0 Å². The molecule has 106 valence electrons. The molecule has 0 bridgehead atoms. The minimum absolute atomic E-state index is 0.558. The molecule has 3 heteroatoms. The van der Waals surface area contributed by atoms with Crippen LogP contribution in [0.4, 0.5) is 0 Å². The first-order valence-electron chi connectivity index (χ1n) is 7.32. The Hall–Kier alpha value is -0.380. The van der Waals surface area contributed by atoms with E-state index in [1.54, 1.807) is 0 Å². The fourth-order valence-corrected chi connectivity index (χ4v) is 3.99. The second-order valence-corrected chi connectivity index (χ2v) is 6.47. The molecule has 1 aromatic carbocycles. The van der Waals surface area contributed by atoms with Crippen molar-refractivity contribution >= 4 is 15.9 Å². The van der Waals surface area contributed by atoms with Crippen LogP contribution in [0.5, 0.6) is 0 Å². The lowest BCUT2D eigenvalue weighted by Gasteiger charge is -2.29. The van der Waals surface area contributed by atoms with E-state index < -0.39 is 0 Å². The van der Waals surface area contributed by atoms with Crippen molar-refractivity contribution in [2.24, 2.45) is 5.92 Å². The molecule has 0 aliphatic carbocycles. The van der Waals surface area contributed by atoms with Crippen molar-refractivity contribution in [1.29, 1.82) is 0 Å². The molecule has 0 aromatic heterocycles. The summed E-state index contributed by atoms with van der Waals surface area (Å²) in [6.07, 6.45) is 2.53. The van der Waals surface area contributed by atoms with Crippen LogP contribution in [0, 0.1) is 12.8 Å². The van der Waals surface area contributed by atoms with E-state index in [1.807, 2.05) is 0 Å². The highest BCUT2D eigenvalue weighted by Gasteiger charge is 2.35. The van der Waals surface area contributed by atoms with E-state index in [4.69, 9.17) is 0 Å². The van der Waals surface area contributed by atoms with Crippen molar-refractivity contribution < 1.29 is 0 Å². The molecule has 2 atom stereocenters. The topological polar surface area (TPSA) is 15.3 Å². The number of aryl methyl sites for hydroxylation is 1. The van der Waals surface area contributed by atoms with Gasteiger partial charge >= 0.3 is 0 Å². The number of likely N-dealkylation sites (tertiary alicyclic amines) is 1. The van der Waals surface area contributed by atoms with Crippen molar-refractivity contribution in [3.8, 4) is 0 Å². The van der Waals surface area contributed by atoms with Gasteiger partial charge < -0.3 is 5.32 Å². The van der Waals surface area contributed by atoms with Crippen LogP contribution in [-0.2, 0) is 0 Å². The van der Waals surface area contributed by atoms with Crippen molar-refractivity contribution in [2.75, 3.05) is 26.7 Å². The van der Waals surface area contributed by atoms with Gasteiger partial charge in [0.2, 0.25) is 0 Å². The Labute approximate surface area is 125 Å². The molecular formula is C16H25BrN2. The van der Waals surface area contributed by atoms with Gasteiger partial charge in [0.25, 0.3) is 0 Å². The van der Waals surface area contributed by atoms with Gasteiger partial charge in [-0.2, -0.15) is 0 Å². The van der Waals surface area contributed by atoms with Crippen LogP contribution in [0.3, 0.4) is 0 Å². The van der Waals surface area contributed by atoms with Gasteiger partial charge in [-0.1, -0.05) is 35.0 Å². The Bertz CT molecular complexity index is 405. The van der Waals surface area contributed by atoms with E-state index in [9.17, 15) is 0 Å². The average Bonchev–Trinajstić information content (AvgIpc) is 2.74. The molecule has 1 aliphatic heterocycles. The summed E-state index contributed by atoms with van der Waals surface area (Å²) in [5, 5.41) is 3.36. The predicted molar refractivity (Wildman–Crippen MR) is 85.5 cm³/mol. The fourth-order valence-electron chi connectivity index (χ4n) is 3.26. The molecule has 0 saturated carbocycles. The molecule has 1 fully saturated rings. The predicted octanol–water partition coefficient (Wildman–Crippen LogP) is 3.75. The lowest BCUT2D eigenvalue weighted by molar-refractivity contribution is 0.226. The van der Waals surface area contributed by atoms with Crippen LogP contribution in [0.15, 0.2) is 22.7 Å². The number of hydrogen-bond donors (Lipinski definition) is 1. The summed E-state index contributed by atoms with van der Waals surface area (Å²) >= 11 is 3.77. The fraction of sp³-hybridized carbons (Fsp3) is 0.625. The lowest BCUT2D eigenvalue weighted by Crippen LogP contribution is -2.30. The van der Waals surface area contributed by atoms with Crippen molar-refractivity contribution in [3.63, 3.8) is 0 Å². The first-order chi connectivity index (χ1) is 9.17. The van der Waals surface area contributed by atoms with Gasteiger partial charge in [0.1, 0.15) is 0 Å². The molecule has 0 spiro atoms. The zero-order valence-corrected chi connectivity index (χ0v) is 13.8. The molecule has 19 heavy (non-hydrogen) atoms. The number of nitrogens with one attached hydrogen (secondary N) is 1. The average molecular weight is 325 g/mol. The van der Waals surface area contributed by atoms with Crippen LogP contribution >= 0.6 is 15.9 Å². The van der Waals surface area contributed by atoms with Crippen LogP contribution < -0.4 is 5.32 Å². The third-order valence-electron chi connectivity index (χ3n) is 4.08. The van der Waals surface area contributed by atoms with E-state index in [1.165, 1.54) is 41.5 Å². The summed E-state index contributed by atoms with van der Waals surface area (Å²) in [6, 6.07) is 7.34. The Morgan fingerprint density at radius 2 is 2.21 bits per heavy atom. The molecular weight excluding hydrogens is 300 g/mol. The third kappa shape index (κ3) is 3.39. The van der Waals surface area contributed by atoms with Gasteiger partial charge in [-0.15, -0.1) is 0 Å². The summed E-state index contributed by atoms with van der Waals surface area (Å²) in [7, 11) is 2.06. The highest BCUT2D eigenvalue weighted by atomic mass is 79.9.